The molecule has 0 radical (unpaired) electrons. The molecule has 6 nitrogen and oxygen atoms in total. The first-order chi connectivity index (χ1) is 10.9. The van der Waals surface area contributed by atoms with Crippen molar-refractivity contribution in [1.29, 1.82) is 0 Å². The van der Waals surface area contributed by atoms with Gasteiger partial charge in [0.2, 0.25) is 0 Å². The van der Waals surface area contributed by atoms with Crippen molar-refractivity contribution in [2.75, 3.05) is 0 Å². The normalized spacial score (nSPS) is 9.70. The summed E-state index contributed by atoms with van der Waals surface area (Å²) in [5.74, 6) is 0.906. The first-order valence-electron chi connectivity index (χ1n) is 6.74. The summed E-state index contributed by atoms with van der Waals surface area (Å²) >= 11 is 1.71. The van der Waals surface area contributed by atoms with Crippen LogP contribution in [0.4, 0.5) is 0 Å². The molecule has 23 heavy (non-hydrogen) atoms. The van der Waals surface area contributed by atoms with E-state index in [0.29, 0.717) is 17.5 Å². The van der Waals surface area contributed by atoms with Crippen LogP contribution in [-0.4, -0.2) is 21.4 Å². The number of hydrogen-bond donors (Lipinski definition) is 1. The van der Waals surface area contributed by atoms with E-state index in [1.165, 1.54) is 11.3 Å². The number of nitrogens with zero attached hydrogens (tertiary/aromatic N) is 2. The van der Waals surface area contributed by atoms with Gasteiger partial charge in [0, 0.05) is 22.6 Å². The second kappa shape index (κ2) is 12.4. The van der Waals surface area contributed by atoms with Gasteiger partial charge in [-0.3, -0.25) is 4.79 Å². The SMILES string of the molecule is CC(C)c1nc(C=O)cs1.CC(C)c1nc(CO)cs1.[O]=[Mn]=[O]. The minimum absolute atomic E-state index is 0.0588. The fourth-order valence-corrected chi connectivity index (χ4v) is 2.89. The second-order valence-corrected chi connectivity index (χ2v) is 6.91. The summed E-state index contributed by atoms with van der Waals surface area (Å²) in [7, 11) is 0. The summed E-state index contributed by atoms with van der Waals surface area (Å²) in [6.07, 6.45) is 0.780. The van der Waals surface area contributed by atoms with Crippen molar-refractivity contribution in [3.05, 3.63) is 32.2 Å². The first-order valence-corrected chi connectivity index (χ1v) is 9.46. The predicted molar refractivity (Wildman–Crippen MR) is 85.1 cm³/mol. The van der Waals surface area contributed by atoms with Gasteiger partial charge in [-0.2, -0.15) is 0 Å². The molecule has 2 rings (SSSR count). The van der Waals surface area contributed by atoms with Gasteiger partial charge >= 0.3 is 22.5 Å². The fraction of sp³-hybridized carbons (Fsp3) is 0.500. The predicted octanol–water partition coefficient (Wildman–Crippen LogP) is 3.60. The third kappa shape index (κ3) is 9.02. The summed E-state index contributed by atoms with van der Waals surface area (Å²) in [5, 5.41) is 14.5. The zero-order valence-electron chi connectivity index (χ0n) is 13.4. The van der Waals surface area contributed by atoms with E-state index in [9.17, 15) is 4.79 Å². The maximum absolute atomic E-state index is 10.2. The molecule has 9 heteroatoms. The van der Waals surface area contributed by atoms with Crippen molar-refractivity contribution in [1.82, 2.24) is 9.97 Å². The monoisotopic (exact) mass is 399 g/mol. The van der Waals surface area contributed by atoms with Gasteiger partial charge in [0.05, 0.1) is 22.3 Å². The van der Waals surface area contributed by atoms with Crippen molar-refractivity contribution in [3.63, 3.8) is 0 Å². The third-order valence-corrected chi connectivity index (χ3v) is 4.74. The van der Waals surface area contributed by atoms with E-state index in [2.05, 4.69) is 37.7 Å². The molecule has 2 aromatic heterocycles. The Balaban J connectivity index is 0.000000360. The Hall–Kier alpha value is -0.991. The van der Waals surface area contributed by atoms with Gasteiger partial charge in [-0.15, -0.1) is 22.7 Å². The van der Waals surface area contributed by atoms with E-state index >= 15 is 0 Å². The quantitative estimate of drug-likeness (QED) is 0.623. The standard InChI is InChI=1S/C7H11NOS.C7H9NOS.Mn.2O/c2*1-5(2)7-8-6(3-9)4-10-7;;;/h4-5,9H,3H2,1-2H3;3-5H,1-2H3;;;. The van der Waals surface area contributed by atoms with E-state index in [4.69, 9.17) is 12.8 Å². The topological polar surface area (TPSA) is 97.2 Å². The maximum atomic E-state index is 10.2. The molecule has 0 aliphatic heterocycles. The molecular formula is C14H20MnN2O4S2. The van der Waals surface area contributed by atoms with Gasteiger partial charge in [0.1, 0.15) is 5.69 Å². The molecule has 2 aromatic rings. The summed E-state index contributed by atoms with van der Waals surface area (Å²) < 4.78 is 16.8. The van der Waals surface area contributed by atoms with E-state index in [1.807, 2.05) is 5.38 Å². The number of hydrogen-bond acceptors (Lipinski definition) is 8. The molecule has 129 valence electrons. The fourth-order valence-electron chi connectivity index (χ4n) is 1.28. The van der Waals surface area contributed by atoms with E-state index < -0.39 is 14.8 Å². The van der Waals surface area contributed by atoms with E-state index in [-0.39, 0.29) is 6.61 Å². The van der Waals surface area contributed by atoms with Gasteiger partial charge in [-0.25, -0.2) is 9.97 Å². The molecule has 0 aliphatic rings. The van der Waals surface area contributed by atoms with Crippen LogP contribution in [0.3, 0.4) is 0 Å². The minimum atomic E-state index is -1.44. The van der Waals surface area contributed by atoms with Crippen LogP contribution in [0, 0.1) is 0 Å². The van der Waals surface area contributed by atoms with Crippen LogP contribution in [-0.2, 0) is 29.1 Å². The van der Waals surface area contributed by atoms with Gasteiger partial charge < -0.3 is 5.11 Å². The molecule has 0 spiro atoms. The number of carbonyl (C=O) groups excluding carboxylic acids is 1. The van der Waals surface area contributed by atoms with Gasteiger partial charge in [-0.1, -0.05) is 27.7 Å². The number of rotatable bonds is 4. The zero-order valence-corrected chi connectivity index (χ0v) is 16.2. The Morgan fingerprint density at radius 1 is 1.09 bits per heavy atom. The van der Waals surface area contributed by atoms with Crippen molar-refractivity contribution >= 4 is 29.0 Å². The molecule has 0 amide bonds. The number of aliphatic hydroxyl groups is 1. The summed E-state index contributed by atoms with van der Waals surface area (Å²) in [6, 6.07) is 0. The van der Waals surface area contributed by atoms with Crippen LogP contribution in [0.25, 0.3) is 0 Å². The Kier molecular flexibility index (Phi) is 11.9. The number of thiazole rings is 2. The van der Waals surface area contributed by atoms with Crippen LogP contribution < -0.4 is 0 Å². The molecular weight excluding hydrogens is 379 g/mol. The van der Waals surface area contributed by atoms with Gasteiger partial charge in [0.25, 0.3) is 0 Å². The summed E-state index contributed by atoms with van der Waals surface area (Å²) in [4.78, 5) is 18.5. The van der Waals surface area contributed by atoms with Gasteiger partial charge in [-0.05, 0) is 0 Å². The van der Waals surface area contributed by atoms with Crippen LogP contribution in [0.1, 0.15) is 65.7 Å². The summed E-state index contributed by atoms with van der Waals surface area (Å²) in [6.45, 7) is 8.38. The van der Waals surface area contributed by atoms with E-state index in [1.54, 1.807) is 16.7 Å². The molecule has 2 heterocycles. The second-order valence-electron chi connectivity index (χ2n) is 4.94. The molecule has 0 atom stereocenters. The Morgan fingerprint density at radius 3 is 1.83 bits per heavy atom. The Morgan fingerprint density at radius 2 is 1.57 bits per heavy atom. The third-order valence-electron chi connectivity index (χ3n) is 2.38. The van der Waals surface area contributed by atoms with Crippen LogP contribution in [0.5, 0.6) is 0 Å². The number of aldehydes is 1. The van der Waals surface area contributed by atoms with Crippen LogP contribution >= 0.6 is 22.7 Å². The first kappa shape index (κ1) is 22.0. The number of carbonyl (C=O) groups is 1. The average molecular weight is 399 g/mol. The molecule has 1 N–H and O–H groups in total. The van der Waals surface area contributed by atoms with Crippen molar-refractivity contribution in [2.45, 2.75) is 46.1 Å². The molecule has 0 unspecified atom stereocenters. The summed E-state index contributed by atoms with van der Waals surface area (Å²) in [5.41, 5.74) is 1.34. The number of aliphatic hydroxyl groups excluding tert-OH is 1. The zero-order chi connectivity index (χ0) is 17.8. The number of aromatic nitrogens is 2. The molecule has 0 bridgehead atoms. The molecule has 0 aliphatic carbocycles. The molecule has 0 saturated heterocycles. The molecule has 0 saturated carbocycles. The van der Waals surface area contributed by atoms with Crippen LogP contribution in [0.15, 0.2) is 10.8 Å². The Labute approximate surface area is 149 Å². The molecule has 0 fully saturated rings. The van der Waals surface area contributed by atoms with Crippen molar-refractivity contribution in [3.8, 4) is 0 Å². The Bertz CT molecular complexity index is 620. The average Bonchev–Trinajstić information content (AvgIpc) is 3.18. The van der Waals surface area contributed by atoms with Crippen molar-refractivity contribution in [2.24, 2.45) is 0 Å². The van der Waals surface area contributed by atoms with E-state index in [0.717, 1.165) is 22.0 Å². The van der Waals surface area contributed by atoms with Crippen molar-refractivity contribution < 1.29 is 32.4 Å². The van der Waals surface area contributed by atoms with Gasteiger partial charge in [0.15, 0.2) is 6.29 Å². The van der Waals surface area contributed by atoms with Crippen LogP contribution in [0.2, 0.25) is 0 Å². The molecule has 0 aromatic carbocycles.